The first kappa shape index (κ1) is 22.0. The summed E-state index contributed by atoms with van der Waals surface area (Å²) in [7, 11) is 0. The Labute approximate surface area is 182 Å². The summed E-state index contributed by atoms with van der Waals surface area (Å²) in [6.07, 6.45) is 5.01. The maximum absolute atomic E-state index is 11.8. The summed E-state index contributed by atoms with van der Waals surface area (Å²) in [6, 6.07) is 8.00. The van der Waals surface area contributed by atoms with E-state index in [2.05, 4.69) is 16.7 Å². The Kier molecular flexibility index (Phi) is 7.09. The van der Waals surface area contributed by atoms with E-state index >= 15 is 0 Å². The average Bonchev–Trinajstić information content (AvgIpc) is 3.14. The number of para-hydroxylation sites is 1. The Bertz CT molecular complexity index is 779. The molecule has 3 aliphatic rings. The Balaban J connectivity index is 1.27. The third kappa shape index (κ3) is 5.37. The van der Waals surface area contributed by atoms with Crippen molar-refractivity contribution in [1.82, 2.24) is 10.6 Å². The molecular weight excluding hydrogens is 400 g/mol. The third-order valence-corrected chi connectivity index (χ3v) is 6.72. The van der Waals surface area contributed by atoms with Gasteiger partial charge in [0.25, 0.3) is 0 Å². The number of aliphatic carboxylic acids is 1. The summed E-state index contributed by atoms with van der Waals surface area (Å²) in [5.41, 5.74) is 0.809. The number of hydrogen-bond donors (Lipinski definition) is 3. The van der Waals surface area contributed by atoms with Crippen LogP contribution < -0.4 is 15.4 Å². The van der Waals surface area contributed by atoms with E-state index < -0.39 is 5.97 Å². The van der Waals surface area contributed by atoms with Crippen molar-refractivity contribution in [2.45, 2.75) is 62.1 Å². The molecular formula is C23H32N2O6. The highest BCUT2D eigenvalue weighted by Crippen LogP contribution is 2.38. The lowest BCUT2D eigenvalue weighted by molar-refractivity contribution is -0.138. The van der Waals surface area contributed by atoms with Gasteiger partial charge < -0.3 is 30.0 Å². The van der Waals surface area contributed by atoms with Gasteiger partial charge in [-0.2, -0.15) is 0 Å². The van der Waals surface area contributed by atoms with E-state index in [0.29, 0.717) is 19.1 Å². The van der Waals surface area contributed by atoms with Crippen LogP contribution in [0.1, 0.15) is 50.0 Å². The summed E-state index contributed by atoms with van der Waals surface area (Å²) in [4.78, 5) is 22.6. The average molecular weight is 433 g/mol. The van der Waals surface area contributed by atoms with Crippen molar-refractivity contribution < 1.29 is 28.9 Å². The van der Waals surface area contributed by atoms with Crippen LogP contribution in [-0.2, 0) is 19.1 Å². The number of ether oxygens (including phenoxy) is 3. The summed E-state index contributed by atoms with van der Waals surface area (Å²) >= 11 is 0. The van der Waals surface area contributed by atoms with Crippen LogP contribution in [0.15, 0.2) is 24.3 Å². The minimum Gasteiger partial charge on any atom is -0.493 e. The molecule has 1 aliphatic carbocycles. The van der Waals surface area contributed by atoms with Gasteiger partial charge in [0.15, 0.2) is 0 Å². The van der Waals surface area contributed by atoms with Gasteiger partial charge in [0, 0.05) is 0 Å². The molecule has 1 amide bonds. The highest BCUT2D eigenvalue weighted by molar-refractivity contribution is 5.79. The Morgan fingerprint density at radius 2 is 2.03 bits per heavy atom. The van der Waals surface area contributed by atoms with Crippen LogP contribution in [0.3, 0.4) is 0 Å². The zero-order valence-corrected chi connectivity index (χ0v) is 17.8. The minimum atomic E-state index is -0.854. The quantitative estimate of drug-likeness (QED) is 0.575. The van der Waals surface area contributed by atoms with Crippen LogP contribution in [0.25, 0.3) is 0 Å². The molecule has 2 saturated heterocycles. The Hall–Kier alpha value is -2.16. The van der Waals surface area contributed by atoms with Crippen LogP contribution in [0.2, 0.25) is 0 Å². The van der Waals surface area contributed by atoms with Gasteiger partial charge in [-0.15, -0.1) is 0 Å². The first-order valence-electron chi connectivity index (χ1n) is 11.2. The first-order valence-corrected chi connectivity index (χ1v) is 11.2. The molecule has 1 saturated carbocycles. The van der Waals surface area contributed by atoms with E-state index in [1.165, 1.54) is 0 Å². The van der Waals surface area contributed by atoms with Gasteiger partial charge in [0.2, 0.25) is 5.91 Å². The van der Waals surface area contributed by atoms with Crippen molar-refractivity contribution in [2.24, 2.45) is 0 Å². The van der Waals surface area contributed by atoms with Gasteiger partial charge in [-0.3, -0.25) is 9.59 Å². The van der Waals surface area contributed by atoms with E-state index in [4.69, 9.17) is 19.3 Å². The van der Waals surface area contributed by atoms with Crippen LogP contribution in [-0.4, -0.2) is 67.6 Å². The summed E-state index contributed by atoms with van der Waals surface area (Å²) in [5.74, 6) is 0.277. The second-order valence-electron chi connectivity index (χ2n) is 8.79. The molecule has 4 rings (SSSR count). The molecule has 1 aromatic carbocycles. The number of benzene rings is 1. The molecule has 0 aromatic heterocycles. The molecule has 1 spiro atoms. The molecule has 170 valence electrons. The van der Waals surface area contributed by atoms with Crippen LogP contribution >= 0.6 is 0 Å². The van der Waals surface area contributed by atoms with E-state index in [1.807, 2.05) is 18.2 Å². The number of amides is 1. The molecule has 0 radical (unpaired) electrons. The first-order chi connectivity index (χ1) is 15.1. The van der Waals surface area contributed by atoms with Crippen molar-refractivity contribution in [3.8, 4) is 5.75 Å². The van der Waals surface area contributed by atoms with Crippen molar-refractivity contribution in [2.75, 3.05) is 33.0 Å². The number of carbonyl (C=O) groups excluding carboxylic acids is 1. The normalized spacial score (nSPS) is 30.8. The van der Waals surface area contributed by atoms with E-state index in [0.717, 1.165) is 50.0 Å². The Morgan fingerprint density at radius 3 is 2.81 bits per heavy atom. The lowest BCUT2D eigenvalue weighted by atomic mass is 9.82. The molecule has 8 nitrogen and oxygen atoms in total. The number of morpholine rings is 1. The molecule has 0 unspecified atom stereocenters. The summed E-state index contributed by atoms with van der Waals surface area (Å²) in [5, 5.41) is 15.4. The fourth-order valence-corrected chi connectivity index (χ4v) is 5.03. The predicted octanol–water partition coefficient (Wildman–Crippen LogP) is 1.83. The van der Waals surface area contributed by atoms with Crippen molar-refractivity contribution in [3.63, 3.8) is 0 Å². The standard InChI is InChI=1S/C23H32N2O6/c26-21-14-29-15-23(25-21)10-11-24-20(23)13-31-17-7-5-16(6-8-17)18-3-1-2-4-19(18)30-12-9-22(27)28/h1-4,16-17,20,24H,5-15H2,(H,25,26)(H,27,28)/t16?,17?,20-,23+/m0/s1. The van der Waals surface area contributed by atoms with Crippen molar-refractivity contribution >= 4 is 11.9 Å². The number of nitrogens with one attached hydrogen (secondary N) is 2. The summed E-state index contributed by atoms with van der Waals surface area (Å²) < 4.78 is 17.5. The molecule has 31 heavy (non-hydrogen) atoms. The SMILES string of the molecule is O=C(O)CCOc1ccccc1C1CCC(OC[C@@H]2NCC[C@@]23COCC(=O)N3)CC1. The van der Waals surface area contributed by atoms with Gasteiger partial charge in [-0.05, 0) is 56.2 Å². The number of rotatable bonds is 8. The highest BCUT2D eigenvalue weighted by atomic mass is 16.5. The fourth-order valence-electron chi connectivity index (χ4n) is 5.03. The summed E-state index contributed by atoms with van der Waals surface area (Å²) in [6.45, 7) is 2.27. The van der Waals surface area contributed by atoms with E-state index in [9.17, 15) is 9.59 Å². The number of hydrogen-bond acceptors (Lipinski definition) is 6. The molecule has 1 aromatic rings. The largest absolute Gasteiger partial charge is 0.493 e. The maximum Gasteiger partial charge on any atom is 0.306 e. The second kappa shape index (κ2) is 9.97. The van der Waals surface area contributed by atoms with E-state index in [-0.39, 0.29) is 43.2 Å². The molecule has 0 bridgehead atoms. The van der Waals surface area contributed by atoms with E-state index in [1.54, 1.807) is 0 Å². The number of carboxylic acid groups (broad SMARTS) is 1. The molecule has 3 fully saturated rings. The third-order valence-electron chi connectivity index (χ3n) is 6.72. The molecule has 3 N–H and O–H groups in total. The van der Waals surface area contributed by atoms with Crippen molar-refractivity contribution in [1.29, 1.82) is 0 Å². The van der Waals surface area contributed by atoms with Crippen LogP contribution in [0, 0.1) is 0 Å². The molecule has 2 atom stereocenters. The lowest BCUT2D eigenvalue weighted by Gasteiger charge is -2.39. The lowest BCUT2D eigenvalue weighted by Crippen LogP contribution is -2.64. The van der Waals surface area contributed by atoms with Gasteiger partial charge in [0.05, 0.1) is 43.9 Å². The zero-order valence-electron chi connectivity index (χ0n) is 17.8. The van der Waals surface area contributed by atoms with Crippen LogP contribution in [0.4, 0.5) is 0 Å². The van der Waals surface area contributed by atoms with Crippen LogP contribution in [0.5, 0.6) is 5.75 Å². The maximum atomic E-state index is 11.8. The smallest absolute Gasteiger partial charge is 0.306 e. The minimum absolute atomic E-state index is 0.00287. The topological polar surface area (TPSA) is 106 Å². The molecule has 2 aliphatic heterocycles. The van der Waals surface area contributed by atoms with Gasteiger partial charge in [0.1, 0.15) is 12.4 Å². The molecule has 2 heterocycles. The fraction of sp³-hybridized carbons (Fsp3) is 0.652. The second-order valence-corrected chi connectivity index (χ2v) is 8.79. The highest BCUT2D eigenvalue weighted by Gasteiger charge is 2.46. The molecule has 8 heteroatoms. The zero-order chi connectivity index (χ0) is 21.7. The monoisotopic (exact) mass is 432 g/mol. The number of carboxylic acids is 1. The van der Waals surface area contributed by atoms with Gasteiger partial charge in [-0.1, -0.05) is 18.2 Å². The van der Waals surface area contributed by atoms with Crippen molar-refractivity contribution in [3.05, 3.63) is 29.8 Å². The number of carbonyl (C=O) groups is 2. The Morgan fingerprint density at radius 1 is 1.23 bits per heavy atom. The predicted molar refractivity (Wildman–Crippen MR) is 113 cm³/mol. The van der Waals surface area contributed by atoms with Gasteiger partial charge in [-0.25, -0.2) is 0 Å². The van der Waals surface area contributed by atoms with Gasteiger partial charge >= 0.3 is 5.97 Å².